The van der Waals surface area contributed by atoms with Gasteiger partial charge in [-0.05, 0) is 26.0 Å². The average molecular weight is 315 g/mol. The third kappa shape index (κ3) is 2.68. The van der Waals surface area contributed by atoms with E-state index in [1.165, 1.54) is 11.7 Å². The normalized spacial score (nSPS) is 19.8. The van der Waals surface area contributed by atoms with Crippen LogP contribution in [0.3, 0.4) is 0 Å². The number of nitrogens with one attached hydrogen (secondary N) is 2. The van der Waals surface area contributed by atoms with Gasteiger partial charge >= 0.3 is 11.4 Å². The predicted molar refractivity (Wildman–Crippen MR) is 87.6 cm³/mol. The number of allylic oxidation sites excluding steroid dienone is 1. The van der Waals surface area contributed by atoms with Gasteiger partial charge in [-0.2, -0.15) is 0 Å². The second-order valence-electron chi connectivity index (χ2n) is 5.82. The average Bonchev–Trinajstić information content (AvgIpc) is 2.80. The predicted octanol–water partition coefficient (Wildman–Crippen LogP) is 0.778. The van der Waals surface area contributed by atoms with Gasteiger partial charge in [-0.25, -0.2) is 23.9 Å². The molecular formula is C16H21N5O2. The Morgan fingerprint density at radius 2 is 2.09 bits per heavy atom. The number of aromatic nitrogens is 4. The molecule has 23 heavy (non-hydrogen) atoms. The summed E-state index contributed by atoms with van der Waals surface area (Å²) in [6, 6.07) is 3.57. The molecule has 7 nitrogen and oxygen atoms in total. The Morgan fingerprint density at radius 1 is 1.30 bits per heavy atom. The Bertz CT molecular complexity index is 858. The van der Waals surface area contributed by atoms with Crippen LogP contribution in [0.5, 0.6) is 0 Å². The summed E-state index contributed by atoms with van der Waals surface area (Å²) in [5.41, 5.74) is 1.97. The van der Waals surface area contributed by atoms with E-state index in [2.05, 4.69) is 22.3 Å². The van der Waals surface area contributed by atoms with Crippen molar-refractivity contribution in [3.05, 3.63) is 62.2 Å². The van der Waals surface area contributed by atoms with Crippen molar-refractivity contribution in [2.24, 2.45) is 7.05 Å². The number of hydrogen-bond acceptors (Lipinski definition) is 4. The number of H-pyrrole nitrogens is 1. The monoisotopic (exact) mass is 315 g/mol. The lowest BCUT2D eigenvalue weighted by Crippen LogP contribution is -2.32. The smallest absolute Gasteiger partial charge is 0.305 e. The Balaban J connectivity index is 2.10. The molecule has 0 aliphatic heterocycles. The number of pyridine rings is 1. The fraction of sp³-hybridized carbons (Fsp3) is 0.438. The van der Waals surface area contributed by atoms with E-state index in [0.717, 1.165) is 34.5 Å². The summed E-state index contributed by atoms with van der Waals surface area (Å²) in [5, 5.41) is 6.05. The summed E-state index contributed by atoms with van der Waals surface area (Å²) in [4.78, 5) is 28.6. The lowest BCUT2D eigenvalue weighted by molar-refractivity contribution is 0.526. The molecule has 0 saturated heterocycles. The maximum Gasteiger partial charge on any atom is 0.347 e. The molecule has 0 aromatic carbocycles. The number of aromatic amines is 1. The van der Waals surface area contributed by atoms with Crippen molar-refractivity contribution < 1.29 is 0 Å². The maximum absolute atomic E-state index is 12.2. The second kappa shape index (κ2) is 6.00. The maximum atomic E-state index is 12.2. The van der Waals surface area contributed by atoms with Crippen LogP contribution in [0.15, 0.2) is 33.9 Å². The molecule has 122 valence electrons. The van der Waals surface area contributed by atoms with Crippen molar-refractivity contribution in [3.8, 4) is 0 Å². The summed E-state index contributed by atoms with van der Waals surface area (Å²) in [5.74, 6) is 0. The van der Waals surface area contributed by atoms with Crippen LogP contribution in [-0.4, -0.2) is 25.9 Å². The zero-order chi connectivity index (χ0) is 16.6. The van der Waals surface area contributed by atoms with Crippen LogP contribution in [0.2, 0.25) is 0 Å². The van der Waals surface area contributed by atoms with Crippen molar-refractivity contribution in [2.45, 2.75) is 32.4 Å². The van der Waals surface area contributed by atoms with Crippen LogP contribution < -0.4 is 16.7 Å². The Morgan fingerprint density at radius 3 is 2.74 bits per heavy atom. The summed E-state index contributed by atoms with van der Waals surface area (Å²) in [6.07, 6.45) is 4.97. The molecule has 0 radical (unpaired) electrons. The van der Waals surface area contributed by atoms with Gasteiger partial charge in [0.15, 0.2) is 0 Å². The molecule has 0 bridgehead atoms. The van der Waals surface area contributed by atoms with Gasteiger partial charge in [0.05, 0.1) is 11.7 Å². The van der Waals surface area contributed by atoms with E-state index < -0.39 is 5.69 Å². The highest BCUT2D eigenvalue weighted by molar-refractivity contribution is 5.37. The van der Waals surface area contributed by atoms with E-state index in [4.69, 9.17) is 0 Å². The van der Waals surface area contributed by atoms with Crippen LogP contribution in [0.4, 0.5) is 0 Å². The minimum Gasteiger partial charge on any atom is -0.305 e. The number of hydrogen-bond donors (Lipinski definition) is 2. The van der Waals surface area contributed by atoms with Gasteiger partial charge in [-0.15, -0.1) is 0 Å². The van der Waals surface area contributed by atoms with E-state index in [0.29, 0.717) is 0 Å². The van der Waals surface area contributed by atoms with E-state index in [1.54, 1.807) is 0 Å². The highest BCUT2D eigenvalue weighted by Crippen LogP contribution is 2.31. The van der Waals surface area contributed by atoms with Crippen molar-refractivity contribution >= 4 is 0 Å². The lowest BCUT2D eigenvalue weighted by atomic mass is 9.93. The third-order valence-corrected chi connectivity index (χ3v) is 4.10. The highest BCUT2D eigenvalue weighted by Gasteiger charge is 2.27. The first-order valence-corrected chi connectivity index (χ1v) is 7.79. The molecule has 7 heteroatoms. The van der Waals surface area contributed by atoms with Crippen molar-refractivity contribution in [1.29, 1.82) is 0 Å². The molecule has 0 saturated carbocycles. The Hall–Kier alpha value is -2.41. The number of nitrogens with zero attached hydrogens (tertiary/aromatic N) is 3. The fourth-order valence-corrected chi connectivity index (χ4v) is 2.85. The minimum atomic E-state index is -0.420. The van der Waals surface area contributed by atoms with Crippen LogP contribution in [-0.2, 0) is 7.05 Å². The lowest BCUT2D eigenvalue weighted by Gasteiger charge is -2.26. The molecule has 1 aliphatic carbocycles. The van der Waals surface area contributed by atoms with Gasteiger partial charge in [-0.1, -0.05) is 25.1 Å². The van der Waals surface area contributed by atoms with E-state index >= 15 is 0 Å². The van der Waals surface area contributed by atoms with Gasteiger partial charge < -0.3 is 5.32 Å². The van der Waals surface area contributed by atoms with Crippen LogP contribution in [0.25, 0.3) is 0 Å². The molecular weight excluding hydrogens is 294 g/mol. The first kappa shape index (κ1) is 15.5. The third-order valence-electron chi connectivity index (χ3n) is 4.10. The fourth-order valence-electron chi connectivity index (χ4n) is 2.85. The molecule has 1 aliphatic rings. The van der Waals surface area contributed by atoms with E-state index in [9.17, 15) is 9.59 Å². The quantitative estimate of drug-likeness (QED) is 0.817. The van der Waals surface area contributed by atoms with Gasteiger partial charge in [0.2, 0.25) is 0 Å². The zero-order valence-electron chi connectivity index (χ0n) is 13.5. The van der Waals surface area contributed by atoms with Gasteiger partial charge in [0.1, 0.15) is 6.04 Å². The standard InChI is InChI=1S/C16H21N5O2/c1-4-9-17-12-7-8-13(11-6-5-10(2)18-14(11)12)21-16(23)20(3)15(22)19-21/h5-8,12-13,17H,4,9H2,1-3H3,(H,19,22)/t12-,13+/m0/s1. The SMILES string of the molecule is CCCN[C@H]1C=C[C@@H](n2[nH]c(=O)n(C)c2=O)c2ccc(C)nc21. The van der Waals surface area contributed by atoms with Gasteiger partial charge in [0, 0.05) is 18.3 Å². The molecule has 0 spiro atoms. The molecule has 2 aromatic heterocycles. The number of rotatable bonds is 4. The molecule has 2 heterocycles. The first-order chi connectivity index (χ1) is 11.0. The van der Waals surface area contributed by atoms with Crippen LogP contribution in [0.1, 0.15) is 42.4 Å². The number of aryl methyl sites for hydroxylation is 1. The highest BCUT2D eigenvalue weighted by atomic mass is 16.2. The zero-order valence-corrected chi connectivity index (χ0v) is 13.5. The van der Waals surface area contributed by atoms with Crippen molar-refractivity contribution in [2.75, 3.05) is 6.54 Å². The Kier molecular flexibility index (Phi) is 4.04. The summed E-state index contributed by atoms with van der Waals surface area (Å²) < 4.78 is 2.42. The van der Waals surface area contributed by atoms with Gasteiger partial charge in [0.25, 0.3) is 0 Å². The van der Waals surface area contributed by atoms with E-state index in [-0.39, 0.29) is 17.8 Å². The van der Waals surface area contributed by atoms with E-state index in [1.807, 2.05) is 31.2 Å². The summed E-state index contributed by atoms with van der Waals surface area (Å²) in [7, 11) is 1.46. The molecule has 0 amide bonds. The van der Waals surface area contributed by atoms with Crippen molar-refractivity contribution in [1.82, 2.24) is 24.6 Å². The molecule has 0 unspecified atom stereocenters. The molecule has 2 atom stereocenters. The van der Waals surface area contributed by atoms with Crippen molar-refractivity contribution in [3.63, 3.8) is 0 Å². The number of fused-ring (bicyclic) bond motifs is 1. The molecule has 2 N–H and O–H groups in total. The second-order valence-corrected chi connectivity index (χ2v) is 5.82. The Labute approximate surface area is 133 Å². The summed E-state index contributed by atoms with van der Waals surface area (Å²) in [6.45, 7) is 4.94. The largest absolute Gasteiger partial charge is 0.347 e. The topological polar surface area (TPSA) is 84.7 Å². The minimum absolute atomic E-state index is 0.0206. The molecule has 3 rings (SSSR count). The molecule has 2 aromatic rings. The van der Waals surface area contributed by atoms with Gasteiger partial charge in [-0.3, -0.25) is 4.98 Å². The van der Waals surface area contributed by atoms with Crippen LogP contribution in [0, 0.1) is 6.92 Å². The van der Waals surface area contributed by atoms with Crippen LogP contribution >= 0.6 is 0 Å². The molecule has 0 fully saturated rings. The first-order valence-electron chi connectivity index (χ1n) is 7.79. The summed E-state index contributed by atoms with van der Waals surface area (Å²) >= 11 is 0.